The molecule has 1 amide bonds. The minimum Gasteiger partial charge on any atom is -0.495 e. The number of ether oxygens (including phenoxy) is 1. The highest BCUT2D eigenvalue weighted by Gasteiger charge is 2.43. The van der Waals surface area contributed by atoms with Crippen molar-refractivity contribution in [1.82, 2.24) is 20.1 Å². The summed E-state index contributed by atoms with van der Waals surface area (Å²) in [5.74, 6) is 1.66. The number of amides is 1. The lowest BCUT2D eigenvalue weighted by atomic mass is 9.58. The van der Waals surface area contributed by atoms with Gasteiger partial charge in [-0.3, -0.25) is 14.6 Å². The number of nitrogens with zero attached hydrogens (tertiary/aromatic N) is 3. The summed E-state index contributed by atoms with van der Waals surface area (Å²) < 4.78 is 6.31. The number of anilines is 1. The molecular formula is C24H34ClN5O3. The van der Waals surface area contributed by atoms with Crippen LogP contribution in [0.5, 0.6) is 5.75 Å². The lowest BCUT2D eigenvalue weighted by Crippen LogP contribution is -2.48. The van der Waals surface area contributed by atoms with Crippen molar-refractivity contribution >= 4 is 23.2 Å². The molecule has 1 fully saturated rings. The van der Waals surface area contributed by atoms with Gasteiger partial charge in [0.05, 0.1) is 25.2 Å². The summed E-state index contributed by atoms with van der Waals surface area (Å²) in [5.41, 5.74) is 1.04. The fraction of sp³-hybridized carbons (Fsp3) is 0.583. The molecule has 2 heterocycles. The van der Waals surface area contributed by atoms with Crippen molar-refractivity contribution in [1.29, 1.82) is 0 Å². The molecule has 1 aliphatic carbocycles. The van der Waals surface area contributed by atoms with Gasteiger partial charge in [-0.25, -0.2) is 4.68 Å². The summed E-state index contributed by atoms with van der Waals surface area (Å²) in [6, 6.07) is 1.95. The van der Waals surface area contributed by atoms with E-state index in [-0.39, 0.29) is 35.5 Å². The summed E-state index contributed by atoms with van der Waals surface area (Å²) in [4.78, 5) is 29.2. The van der Waals surface area contributed by atoms with Crippen molar-refractivity contribution in [2.75, 3.05) is 12.4 Å². The molecule has 180 valence electrons. The number of methoxy groups -OCH3 is 1. The Balaban J connectivity index is 1.66. The Kier molecular flexibility index (Phi) is 7.67. The highest BCUT2D eigenvalue weighted by atomic mass is 35.5. The van der Waals surface area contributed by atoms with E-state index < -0.39 is 5.56 Å². The van der Waals surface area contributed by atoms with Crippen molar-refractivity contribution in [3.63, 3.8) is 0 Å². The van der Waals surface area contributed by atoms with Crippen LogP contribution >= 0.6 is 11.6 Å². The van der Waals surface area contributed by atoms with Crippen LogP contribution < -0.4 is 20.9 Å². The van der Waals surface area contributed by atoms with Gasteiger partial charge < -0.3 is 15.4 Å². The summed E-state index contributed by atoms with van der Waals surface area (Å²) in [6.07, 6.45) is 5.72. The summed E-state index contributed by atoms with van der Waals surface area (Å²) >= 11 is 6.40. The predicted molar refractivity (Wildman–Crippen MR) is 129 cm³/mol. The molecule has 0 aliphatic heterocycles. The van der Waals surface area contributed by atoms with Crippen LogP contribution in [0, 0.1) is 23.2 Å². The van der Waals surface area contributed by atoms with E-state index in [1.165, 1.54) is 6.20 Å². The Hall–Kier alpha value is -2.61. The Morgan fingerprint density at radius 2 is 2.03 bits per heavy atom. The molecule has 33 heavy (non-hydrogen) atoms. The third kappa shape index (κ3) is 5.32. The molecular weight excluding hydrogens is 442 g/mol. The molecule has 2 N–H and O–H groups in total. The summed E-state index contributed by atoms with van der Waals surface area (Å²) in [7, 11) is 1.54. The Morgan fingerprint density at radius 1 is 1.30 bits per heavy atom. The van der Waals surface area contributed by atoms with E-state index in [2.05, 4.69) is 55.3 Å². The van der Waals surface area contributed by atoms with E-state index in [4.69, 9.17) is 16.3 Å². The van der Waals surface area contributed by atoms with Crippen LogP contribution in [0.15, 0.2) is 29.5 Å². The van der Waals surface area contributed by atoms with Crippen molar-refractivity contribution < 1.29 is 9.53 Å². The molecule has 0 bridgehead atoms. The van der Waals surface area contributed by atoms with Gasteiger partial charge >= 0.3 is 0 Å². The van der Waals surface area contributed by atoms with Crippen molar-refractivity contribution in [2.24, 2.45) is 23.2 Å². The second kappa shape index (κ2) is 10.1. The van der Waals surface area contributed by atoms with Crippen LogP contribution in [0.2, 0.25) is 5.02 Å². The maximum Gasteiger partial charge on any atom is 0.288 e. The van der Waals surface area contributed by atoms with Gasteiger partial charge in [0.2, 0.25) is 5.91 Å². The number of halogens is 1. The Morgan fingerprint density at radius 3 is 2.73 bits per heavy atom. The molecule has 2 aromatic rings. The topological polar surface area (TPSA) is 98.1 Å². The number of aromatic nitrogens is 3. The summed E-state index contributed by atoms with van der Waals surface area (Å²) in [5, 5.41) is 10.5. The third-order valence-electron chi connectivity index (χ3n) is 7.66. The smallest absolute Gasteiger partial charge is 0.288 e. The molecule has 0 radical (unpaired) electrons. The van der Waals surface area contributed by atoms with Gasteiger partial charge in [-0.05, 0) is 35.7 Å². The third-order valence-corrected chi connectivity index (χ3v) is 8.02. The van der Waals surface area contributed by atoms with E-state index >= 15 is 0 Å². The first-order valence-electron chi connectivity index (χ1n) is 11.3. The van der Waals surface area contributed by atoms with E-state index in [1.807, 2.05) is 0 Å². The molecule has 3 rings (SSSR count). The lowest BCUT2D eigenvalue weighted by Gasteiger charge is -2.50. The second-order valence-corrected chi connectivity index (χ2v) is 10.0. The monoisotopic (exact) mass is 475 g/mol. The van der Waals surface area contributed by atoms with Crippen LogP contribution in [-0.4, -0.2) is 33.8 Å². The molecule has 0 unspecified atom stereocenters. The zero-order valence-corrected chi connectivity index (χ0v) is 20.9. The van der Waals surface area contributed by atoms with Crippen molar-refractivity contribution in [3.8, 4) is 5.75 Å². The molecule has 1 aliphatic rings. The van der Waals surface area contributed by atoms with Crippen LogP contribution in [0.3, 0.4) is 0 Å². The molecule has 8 nitrogen and oxygen atoms in total. The first-order chi connectivity index (χ1) is 15.6. The molecule has 9 heteroatoms. The first kappa shape index (κ1) is 25.0. The van der Waals surface area contributed by atoms with Gasteiger partial charge in [-0.15, -0.1) is 0 Å². The van der Waals surface area contributed by atoms with Gasteiger partial charge in [0.1, 0.15) is 17.3 Å². The zero-order chi connectivity index (χ0) is 24.3. The number of nitrogens with one attached hydrogen (secondary N) is 2. The normalized spacial score (nSPS) is 24.2. The fourth-order valence-corrected chi connectivity index (χ4v) is 4.77. The number of hydrogen-bond acceptors (Lipinski definition) is 6. The average molecular weight is 476 g/mol. The van der Waals surface area contributed by atoms with Crippen LogP contribution in [-0.2, 0) is 17.9 Å². The second-order valence-electron chi connectivity index (χ2n) is 9.66. The maximum absolute atomic E-state index is 12.8. The first-order valence-corrected chi connectivity index (χ1v) is 11.7. The Bertz CT molecular complexity index is 1050. The van der Waals surface area contributed by atoms with Gasteiger partial charge in [-0.1, -0.05) is 46.2 Å². The number of carbonyl (C=O) groups excluding carboxylic acids is 1. The highest BCUT2D eigenvalue weighted by molar-refractivity contribution is 6.32. The van der Waals surface area contributed by atoms with Crippen molar-refractivity contribution in [3.05, 3.63) is 45.6 Å². The van der Waals surface area contributed by atoms with Gasteiger partial charge in [0.25, 0.3) is 5.56 Å². The minimum absolute atomic E-state index is 0.0472. The number of pyridine rings is 1. The predicted octanol–water partition coefficient (Wildman–Crippen LogP) is 3.74. The Labute approximate surface area is 200 Å². The lowest BCUT2D eigenvalue weighted by molar-refractivity contribution is -0.122. The molecule has 0 aromatic carbocycles. The number of hydrogen-bond donors (Lipinski definition) is 2. The quantitative estimate of drug-likeness (QED) is 0.633. The molecule has 2 aromatic heterocycles. The fourth-order valence-electron chi connectivity index (χ4n) is 4.57. The average Bonchev–Trinajstić information content (AvgIpc) is 2.80. The van der Waals surface area contributed by atoms with Crippen molar-refractivity contribution in [2.45, 2.75) is 60.2 Å². The summed E-state index contributed by atoms with van der Waals surface area (Å²) in [6.45, 7) is 11.5. The van der Waals surface area contributed by atoms with E-state index in [0.29, 0.717) is 29.2 Å². The van der Waals surface area contributed by atoms with E-state index in [0.717, 1.165) is 16.7 Å². The standard InChI is InChI=1S/C24H34ClN5O3/c1-14-9-18(15(2)16(3)24(14,4)5)29-19-11-28-30(23(32)22(19)25)13-21(31)27-10-17-7-8-26-12-20(17)33-6/h7-8,11-12,14-16,18,29H,9-10,13H2,1-6H3,(H,27,31)/t14-,15+,16+,18+/m0/s1. The van der Waals surface area contributed by atoms with Gasteiger partial charge in [0.15, 0.2) is 0 Å². The molecule has 4 atom stereocenters. The zero-order valence-electron chi connectivity index (χ0n) is 20.2. The van der Waals surface area contributed by atoms with E-state index in [9.17, 15) is 9.59 Å². The number of carbonyl (C=O) groups is 1. The highest BCUT2D eigenvalue weighted by Crippen LogP contribution is 2.48. The SMILES string of the molecule is COc1cnccc1CNC(=O)Cn1ncc(N[C@@H]2C[C@H](C)C(C)(C)[C@H](C)[C@H]2C)c(Cl)c1=O. The molecule has 0 spiro atoms. The van der Waals surface area contributed by atoms with Crippen LogP contribution in [0.4, 0.5) is 5.69 Å². The molecule has 1 saturated carbocycles. The largest absolute Gasteiger partial charge is 0.495 e. The van der Waals surface area contributed by atoms with Crippen LogP contribution in [0.25, 0.3) is 0 Å². The number of rotatable bonds is 7. The van der Waals surface area contributed by atoms with E-state index in [1.54, 1.807) is 25.6 Å². The van der Waals surface area contributed by atoms with Gasteiger partial charge in [-0.2, -0.15) is 5.10 Å². The minimum atomic E-state index is -0.497. The molecule has 0 saturated heterocycles. The van der Waals surface area contributed by atoms with Gasteiger partial charge in [0, 0.05) is 24.3 Å². The van der Waals surface area contributed by atoms with Crippen LogP contribution in [0.1, 0.15) is 46.6 Å². The maximum atomic E-state index is 12.8.